The maximum atomic E-state index is 5.42. The second-order valence-electron chi connectivity index (χ2n) is 2.50. The average Bonchev–Trinajstić information content (AvgIpc) is 2.50. The molecule has 1 rings (SSSR count). The smallest absolute Gasteiger partial charge is 0.0950 e. The molecule has 0 saturated heterocycles. The molecule has 0 aliphatic carbocycles. The molecule has 1 aromatic heterocycles. The highest BCUT2D eigenvalue weighted by Crippen LogP contribution is 2.13. The Morgan fingerprint density at radius 3 is 3.08 bits per heavy atom. The molecule has 0 saturated carbocycles. The van der Waals surface area contributed by atoms with Crippen LogP contribution in [0, 0.1) is 0 Å². The summed E-state index contributed by atoms with van der Waals surface area (Å²) >= 11 is 1.73. The average molecular weight is 186 g/mol. The summed E-state index contributed by atoms with van der Waals surface area (Å²) in [5.41, 5.74) is 5.42. The van der Waals surface area contributed by atoms with Gasteiger partial charge in [-0.1, -0.05) is 0 Å². The standard InChI is InChI=1S/C8H14N2OS/c1-11-5-3-8-10-6-7(12-8)2-4-9/h6H,2-5,9H2,1H3. The van der Waals surface area contributed by atoms with Gasteiger partial charge in [-0.15, -0.1) is 11.3 Å². The van der Waals surface area contributed by atoms with Gasteiger partial charge in [0.05, 0.1) is 11.6 Å². The molecule has 3 nitrogen and oxygen atoms in total. The fourth-order valence-corrected chi connectivity index (χ4v) is 1.83. The van der Waals surface area contributed by atoms with Crippen LogP contribution in [0.3, 0.4) is 0 Å². The van der Waals surface area contributed by atoms with Crippen molar-refractivity contribution >= 4 is 11.3 Å². The summed E-state index contributed by atoms with van der Waals surface area (Å²) in [5, 5.41) is 1.14. The molecule has 0 amide bonds. The van der Waals surface area contributed by atoms with Crippen LogP contribution >= 0.6 is 11.3 Å². The minimum absolute atomic E-state index is 0.700. The van der Waals surface area contributed by atoms with Crippen molar-refractivity contribution in [3.05, 3.63) is 16.1 Å². The van der Waals surface area contributed by atoms with E-state index < -0.39 is 0 Å². The second-order valence-corrected chi connectivity index (χ2v) is 3.70. The number of thiazole rings is 1. The molecule has 12 heavy (non-hydrogen) atoms. The highest BCUT2D eigenvalue weighted by atomic mass is 32.1. The van der Waals surface area contributed by atoms with Gasteiger partial charge in [-0.3, -0.25) is 0 Å². The lowest BCUT2D eigenvalue weighted by Crippen LogP contribution is -2.00. The Kier molecular flexibility index (Phi) is 4.21. The van der Waals surface area contributed by atoms with Crippen LogP contribution in [0.1, 0.15) is 9.88 Å². The molecule has 1 aromatic rings. The third kappa shape index (κ3) is 2.89. The van der Waals surface area contributed by atoms with Crippen molar-refractivity contribution in [2.75, 3.05) is 20.3 Å². The monoisotopic (exact) mass is 186 g/mol. The first-order valence-electron chi connectivity index (χ1n) is 3.99. The first-order chi connectivity index (χ1) is 5.86. The number of ether oxygens (including phenoxy) is 1. The normalized spacial score (nSPS) is 10.5. The summed E-state index contributed by atoms with van der Waals surface area (Å²) in [6, 6.07) is 0. The number of hydrogen-bond acceptors (Lipinski definition) is 4. The molecule has 4 heteroatoms. The van der Waals surface area contributed by atoms with E-state index in [0.29, 0.717) is 6.54 Å². The second kappa shape index (κ2) is 5.24. The van der Waals surface area contributed by atoms with Crippen LogP contribution in [0.5, 0.6) is 0 Å². The summed E-state index contributed by atoms with van der Waals surface area (Å²) in [6.45, 7) is 1.45. The maximum Gasteiger partial charge on any atom is 0.0950 e. The Morgan fingerprint density at radius 1 is 1.58 bits per heavy atom. The zero-order valence-corrected chi connectivity index (χ0v) is 8.06. The van der Waals surface area contributed by atoms with Crippen molar-refractivity contribution < 1.29 is 4.74 Å². The van der Waals surface area contributed by atoms with Gasteiger partial charge in [0.2, 0.25) is 0 Å². The van der Waals surface area contributed by atoms with Crippen LogP contribution in [0.15, 0.2) is 6.20 Å². The van der Waals surface area contributed by atoms with E-state index in [0.717, 1.165) is 24.5 Å². The van der Waals surface area contributed by atoms with Crippen molar-refractivity contribution in [1.82, 2.24) is 4.98 Å². The van der Waals surface area contributed by atoms with E-state index in [9.17, 15) is 0 Å². The van der Waals surface area contributed by atoms with E-state index in [1.807, 2.05) is 6.20 Å². The van der Waals surface area contributed by atoms with Gasteiger partial charge in [0.25, 0.3) is 0 Å². The first kappa shape index (κ1) is 9.64. The van der Waals surface area contributed by atoms with Crippen molar-refractivity contribution in [2.45, 2.75) is 12.8 Å². The maximum absolute atomic E-state index is 5.42. The molecule has 1 heterocycles. The molecule has 0 bridgehead atoms. The molecule has 0 fully saturated rings. The third-order valence-electron chi connectivity index (χ3n) is 1.51. The van der Waals surface area contributed by atoms with Crippen molar-refractivity contribution in [1.29, 1.82) is 0 Å². The van der Waals surface area contributed by atoms with Crippen molar-refractivity contribution in [2.24, 2.45) is 5.73 Å². The molecule has 0 unspecified atom stereocenters. The van der Waals surface area contributed by atoms with E-state index in [4.69, 9.17) is 10.5 Å². The summed E-state index contributed by atoms with van der Waals surface area (Å²) < 4.78 is 4.96. The van der Waals surface area contributed by atoms with E-state index in [2.05, 4.69) is 4.98 Å². The Labute approximate surface area is 76.6 Å². The molecule has 0 aliphatic rings. The number of aromatic nitrogens is 1. The number of nitrogens with two attached hydrogens (primary N) is 1. The Hall–Kier alpha value is -0.450. The molecule has 0 radical (unpaired) electrons. The van der Waals surface area contributed by atoms with Crippen LogP contribution < -0.4 is 5.73 Å². The molecule has 68 valence electrons. The fraction of sp³-hybridized carbons (Fsp3) is 0.625. The quantitative estimate of drug-likeness (QED) is 0.741. The summed E-state index contributed by atoms with van der Waals surface area (Å²) in [7, 11) is 1.70. The predicted octanol–water partition coefficient (Wildman–Crippen LogP) is 0.833. The van der Waals surface area contributed by atoms with Gasteiger partial charge in [-0.25, -0.2) is 4.98 Å². The van der Waals surface area contributed by atoms with Gasteiger partial charge in [0.15, 0.2) is 0 Å². The van der Waals surface area contributed by atoms with E-state index >= 15 is 0 Å². The molecule has 0 aliphatic heterocycles. The zero-order chi connectivity index (χ0) is 8.81. The number of methoxy groups -OCH3 is 1. The minimum atomic E-state index is 0.700. The fourth-order valence-electron chi connectivity index (χ4n) is 0.911. The van der Waals surface area contributed by atoms with Crippen molar-refractivity contribution in [3.8, 4) is 0 Å². The SMILES string of the molecule is COCCc1ncc(CCN)s1. The van der Waals surface area contributed by atoms with Crippen LogP contribution in [-0.4, -0.2) is 25.2 Å². The topological polar surface area (TPSA) is 48.1 Å². The van der Waals surface area contributed by atoms with Gasteiger partial charge in [-0.2, -0.15) is 0 Å². The third-order valence-corrected chi connectivity index (χ3v) is 2.63. The van der Waals surface area contributed by atoms with Gasteiger partial charge in [0.1, 0.15) is 0 Å². The number of nitrogens with zero attached hydrogens (tertiary/aromatic N) is 1. The van der Waals surface area contributed by atoms with Crippen LogP contribution in [-0.2, 0) is 17.6 Å². The van der Waals surface area contributed by atoms with Gasteiger partial charge >= 0.3 is 0 Å². The molecular weight excluding hydrogens is 172 g/mol. The minimum Gasteiger partial charge on any atom is -0.384 e. The predicted molar refractivity (Wildman–Crippen MR) is 50.5 cm³/mol. The Bertz CT molecular complexity index is 225. The summed E-state index contributed by atoms with van der Waals surface area (Å²) in [5.74, 6) is 0. The molecule has 0 atom stereocenters. The van der Waals surface area contributed by atoms with E-state index in [1.54, 1.807) is 18.4 Å². The highest BCUT2D eigenvalue weighted by molar-refractivity contribution is 7.11. The summed E-state index contributed by atoms with van der Waals surface area (Å²) in [4.78, 5) is 5.52. The molecular formula is C8H14N2OS. The number of rotatable bonds is 5. The highest BCUT2D eigenvalue weighted by Gasteiger charge is 2.00. The summed E-state index contributed by atoms with van der Waals surface area (Å²) in [6.07, 6.45) is 3.75. The molecule has 2 N–H and O–H groups in total. The molecule has 0 spiro atoms. The molecule has 0 aromatic carbocycles. The van der Waals surface area contributed by atoms with Crippen LogP contribution in [0.2, 0.25) is 0 Å². The van der Waals surface area contributed by atoms with E-state index in [-0.39, 0.29) is 0 Å². The van der Waals surface area contributed by atoms with E-state index in [1.165, 1.54) is 4.88 Å². The number of hydrogen-bond donors (Lipinski definition) is 1. The lowest BCUT2D eigenvalue weighted by atomic mass is 10.4. The largest absolute Gasteiger partial charge is 0.384 e. The van der Waals surface area contributed by atoms with Crippen LogP contribution in [0.25, 0.3) is 0 Å². The van der Waals surface area contributed by atoms with Gasteiger partial charge in [0, 0.05) is 24.6 Å². The van der Waals surface area contributed by atoms with Crippen LogP contribution in [0.4, 0.5) is 0 Å². The van der Waals surface area contributed by atoms with Gasteiger partial charge < -0.3 is 10.5 Å². The van der Waals surface area contributed by atoms with Crippen molar-refractivity contribution in [3.63, 3.8) is 0 Å². The lowest BCUT2D eigenvalue weighted by Gasteiger charge is -1.92. The Morgan fingerprint density at radius 2 is 2.42 bits per heavy atom. The Balaban J connectivity index is 2.41. The zero-order valence-electron chi connectivity index (χ0n) is 7.25. The van der Waals surface area contributed by atoms with Gasteiger partial charge in [-0.05, 0) is 13.0 Å². The first-order valence-corrected chi connectivity index (χ1v) is 4.81. The lowest BCUT2D eigenvalue weighted by molar-refractivity contribution is 0.202.